The third-order valence-corrected chi connectivity index (χ3v) is 3.93. The maximum atomic E-state index is 14.0. The first kappa shape index (κ1) is 13.3. The summed E-state index contributed by atoms with van der Waals surface area (Å²) in [7, 11) is 0. The third kappa shape index (κ3) is 2.51. The van der Waals surface area contributed by atoms with Crippen molar-refractivity contribution >= 4 is 5.69 Å². The molecule has 0 spiro atoms. The smallest absolute Gasteiger partial charge is 0.130 e. The fourth-order valence-electron chi connectivity index (χ4n) is 2.99. The van der Waals surface area contributed by atoms with Crippen LogP contribution in [0.2, 0.25) is 0 Å². The average molecular weight is 250 g/mol. The van der Waals surface area contributed by atoms with Gasteiger partial charge in [-0.2, -0.15) is 0 Å². The Morgan fingerprint density at radius 3 is 2.72 bits per heavy atom. The van der Waals surface area contributed by atoms with Crippen LogP contribution in [0.3, 0.4) is 0 Å². The second-order valence-electron chi connectivity index (χ2n) is 5.63. The summed E-state index contributed by atoms with van der Waals surface area (Å²) in [4.78, 5) is 2.31. The number of hydrogen-bond acceptors (Lipinski definition) is 2. The summed E-state index contributed by atoms with van der Waals surface area (Å²) >= 11 is 0. The van der Waals surface area contributed by atoms with E-state index in [1.807, 2.05) is 13.0 Å². The van der Waals surface area contributed by atoms with Crippen LogP contribution < -0.4 is 10.6 Å². The Bertz CT molecular complexity index is 417. The van der Waals surface area contributed by atoms with Crippen LogP contribution >= 0.6 is 0 Å². The molecule has 0 amide bonds. The van der Waals surface area contributed by atoms with Crippen molar-refractivity contribution in [2.75, 3.05) is 11.4 Å². The molecule has 0 aromatic heterocycles. The highest BCUT2D eigenvalue weighted by Crippen LogP contribution is 2.33. The van der Waals surface area contributed by atoms with Crippen molar-refractivity contribution < 1.29 is 4.39 Å². The lowest BCUT2D eigenvalue weighted by Gasteiger charge is -2.39. The number of halogens is 1. The predicted molar refractivity (Wildman–Crippen MR) is 74.2 cm³/mol. The van der Waals surface area contributed by atoms with Gasteiger partial charge in [-0.1, -0.05) is 13.0 Å². The topological polar surface area (TPSA) is 29.3 Å². The molecule has 1 aliphatic heterocycles. The Morgan fingerprint density at radius 1 is 1.39 bits per heavy atom. The summed E-state index contributed by atoms with van der Waals surface area (Å²) < 4.78 is 14.0. The summed E-state index contributed by atoms with van der Waals surface area (Å²) in [5.74, 6) is 0.567. The van der Waals surface area contributed by atoms with Crippen LogP contribution in [0.25, 0.3) is 0 Å². The van der Waals surface area contributed by atoms with Crippen molar-refractivity contribution in [2.24, 2.45) is 11.7 Å². The Labute approximate surface area is 109 Å². The van der Waals surface area contributed by atoms with Crippen LogP contribution in [0.4, 0.5) is 10.1 Å². The highest BCUT2D eigenvalue weighted by Gasteiger charge is 2.26. The third-order valence-electron chi connectivity index (χ3n) is 3.93. The molecule has 1 aliphatic rings. The van der Waals surface area contributed by atoms with E-state index >= 15 is 0 Å². The minimum Gasteiger partial charge on any atom is -0.368 e. The molecule has 100 valence electrons. The number of nitrogens with two attached hydrogens (primary N) is 1. The van der Waals surface area contributed by atoms with Crippen LogP contribution in [-0.2, 0) is 0 Å². The highest BCUT2D eigenvalue weighted by atomic mass is 19.1. The van der Waals surface area contributed by atoms with Crippen molar-refractivity contribution in [3.8, 4) is 0 Å². The van der Waals surface area contributed by atoms with Crippen LogP contribution in [0.5, 0.6) is 0 Å². The quantitative estimate of drug-likeness (QED) is 0.871. The van der Waals surface area contributed by atoms with E-state index in [4.69, 9.17) is 5.73 Å². The van der Waals surface area contributed by atoms with Crippen molar-refractivity contribution in [1.29, 1.82) is 0 Å². The van der Waals surface area contributed by atoms with Crippen molar-refractivity contribution in [1.82, 2.24) is 0 Å². The number of rotatable bonds is 2. The van der Waals surface area contributed by atoms with E-state index in [1.165, 1.54) is 12.5 Å². The maximum absolute atomic E-state index is 14.0. The fraction of sp³-hybridized carbons (Fsp3) is 0.600. The lowest BCUT2D eigenvalue weighted by atomic mass is 9.92. The highest BCUT2D eigenvalue weighted by molar-refractivity contribution is 5.56. The second-order valence-corrected chi connectivity index (χ2v) is 5.63. The van der Waals surface area contributed by atoms with Gasteiger partial charge >= 0.3 is 0 Å². The Hall–Kier alpha value is -1.09. The molecule has 0 aliphatic carbocycles. The van der Waals surface area contributed by atoms with Crippen LogP contribution in [0.15, 0.2) is 18.2 Å². The van der Waals surface area contributed by atoms with E-state index in [2.05, 4.69) is 18.7 Å². The number of piperidine rings is 1. The molecule has 3 unspecified atom stereocenters. The van der Waals surface area contributed by atoms with Gasteiger partial charge in [-0.05, 0) is 44.7 Å². The van der Waals surface area contributed by atoms with Crippen LogP contribution in [0.1, 0.15) is 45.2 Å². The van der Waals surface area contributed by atoms with Crippen molar-refractivity contribution in [3.63, 3.8) is 0 Å². The van der Waals surface area contributed by atoms with Gasteiger partial charge in [-0.25, -0.2) is 4.39 Å². The van der Waals surface area contributed by atoms with Gasteiger partial charge in [0, 0.05) is 29.9 Å². The summed E-state index contributed by atoms with van der Waals surface area (Å²) in [5.41, 5.74) is 7.56. The summed E-state index contributed by atoms with van der Waals surface area (Å²) in [6.07, 6.45) is 2.33. The first-order valence-corrected chi connectivity index (χ1v) is 6.81. The van der Waals surface area contributed by atoms with E-state index in [1.54, 1.807) is 6.07 Å². The molecule has 0 bridgehead atoms. The molecule has 2 rings (SSSR count). The SMILES string of the molecule is CC1CCN(c2cccc(F)c2C(C)N)C(C)C1. The molecular formula is C15H23FN2. The zero-order valence-corrected chi connectivity index (χ0v) is 11.5. The van der Waals surface area contributed by atoms with Crippen LogP contribution in [-0.4, -0.2) is 12.6 Å². The maximum Gasteiger partial charge on any atom is 0.130 e. The normalized spacial score (nSPS) is 26.2. The summed E-state index contributed by atoms with van der Waals surface area (Å²) in [5, 5.41) is 0. The largest absolute Gasteiger partial charge is 0.368 e. The minimum atomic E-state index is -0.271. The molecule has 0 saturated carbocycles. The molecule has 1 fully saturated rings. The Morgan fingerprint density at radius 2 is 2.11 bits per heavy atom. The average Bonchev–Trinajstić information content (AvgIpc) is 2.28. The Balaban J connectivity index is 2.36. The number of nitrogens with zero attached hydrogens (tertiary/aromatic N) is 1. The van der Waals surface area contributed by atoms with E-state index in [-0.39, 0.29) is 11.9 Å². The molecule has 1 heterocycles. The summed E-state index contributed by atoms with van der Waals surface area (Å²) in [6.45, 7) is 7.34. The van der Waals surface area contributed by atoms with Gasteiger partial charge in [0.05, 0.1) is 0 Å². The molecule has 18 heavy (non-hydrogen) atoms. The lowest BCUT2D eigenvalue weighted by Crippen LogP contribution is -2.41. The van der Waals surface area contributed by atoms with Gasteiger partial charge in [0.1, 0.15) is 5.82 Å². The first-order valence-electron chi connectivity index (χ1n) is 6.81. The number of benzene rings is 1. The molecule has 2 N–H and O–H groups in total. The lowest BCUT2D eigenvalue weighted by molar-refractivity contribution is 0.376. The van der Waals surface area contributed by atoms with Gasteiger partial charge in [-0.3, -0.25) is 0 Å². The summed E-state index contributed by atoms with van der Waals surface area (Å²) in [6, 6.07) is 5.45. The van der Waals surface area contributed by atoms with Gasteiger partial charge in [0.25, 0.3) is 0 Å². The molecule has 0 radical (unpaired) electrons. The molecule has 1 saturated heterocycles. The zero-order valence-electron chi connectivity index (χ0n) is 11.5. The van der Waals surface area contributed by atoms with Gasteiger partial charge < -0.3 is 10.6 Å². The fourth-order valence-corrected chi connectivity index (χ4v) is 2.99. The van der Waals surface area contributed by atoms with Crippen molar-refractivity contribution in [2.45, 2.75) is 45.7 Å². The van der Waals surface area contributed by atoms with E-state index in [0.29, 0.717) is 11.6 Å². The van der Waals surface area contributed by atoms with Crippen LogP contribution in [0, 0.1) is 11.7 Å². The van der Waals surface area contributed by atoms with Gasteiger partial charge in [0.15, 0.2) is 0 Å². The second kappa shape index (κ2) is 5.27. The molecule has 3 heteroatoms. The molecule has 2 nitrogen and oxygen atoms in total. The first-order chi connectivity index (χ1) is 8.50. The monoisotopic (exact) mass is 250 g/mol. The standard InChI is InChI=1S/C15H23FN2/c1-10-7-8-18(11(2)9-10)14-6-4-5-13(16)15(14)12(3)17/h4-6,10-12H,7-9,17H2,1-3H3. The van der Waals surface area contributed by atoms with E-state index in [0.717, 1.165) is 24.6 Å². The minimum absolute atomic E-state index is 0.187. The predicted octanol–water partition coefficient (Wildman–Crippen LogP) is 3.47. The van der Waals surface area contributed by atoms with Crippen molar-refractivity contribution in [3.05, 3.63) is 29.6 Å². The Kier molecular flexibility index (Phi) is 3.91. The molecular weight excluding hydrogens is 227 g/mol. The van der Waals surface area contributed by atoms with Gasteiger partial charge in [0.2, 0.25) is 0 Å². The molecule has 3 atom stereocenters. The zero-order chi connectivity index (χ0) is 13.3. The van der Waals surface area contributed by atoms with Gasteiger partial charge in [-0.15, -0.1) is 0 Å². The number of hydrogen-bond donors (Lipinski definition) is 1. The van der Waals surface area contributed by atoms with E-state index < -0.39 is 0 Å². The number of anilines is 1. The van der Waals surface area contributed by atoms with E-state index in [9.17, 15) is 4.39 Å². The molecule has 1 aromatic carbocycles. The molecule has 1 aromatic rings.